The van der Waals surface area contributed by atoms with Gasteiger partial charge in [0.25, 0.3) is 0 Å². The molecule has 0 saturated carbocycles. The lowest BCUT2D eigenvalue weighted by molar-refractivity contribution is 0.0694. The molecule has 0 fully saturated rings. The third kappa shape index (κ3) is 1.81. The van der Waals surface area contributed by atoms with Gasteiger partial charge in [-0.15, -0.1) is 0 Å². The molecule has 5 nitrogen and oxygen atoms in total. The van der Waals surface area contributed by atoms with Gasteiger partial charge in [0.2, 0.25) is 0 Å². The van der Waals surface area contributed by atoms with Crippen molar-refractivity contribution in [3.05, 3.63) is 17.2 Å². The zero-order valence-electron chi connectivity index (χ0n) is 8.83. The maximum Gasteiger partial charge on any atom is 0.341 e. The Labute approximate surface area is 87.4 Å². The Morgan fingerprint density at radius 1 is 1.40 bits per heavy atom. The summed E-state index contributed by atoms with van der Waals surface area (Å²) in [5.74, 6) is -0.530. The van der Waals surface area contributed by atoms with Gasteiger partial charge in [-0.1, -0.05) is 0 Å². The molecule has 0 atom stereocenters. The van der Waals surface area contributed by atoms with Gasteiger partial charge in [-0.2, -0.15) is 0 Å². The topological polar surface area (TPSA) is 81.8 Å². The average molecular weight is 211 g/mol. The van der Waals surface area contributed by atoms with Crippen LogP contribution in [0.3, 0.4) is 0 Å². The number of carboxylic acids is 1. The second-order valence-corrected chi connectivity index (χ2v) is 3.02. The van der Waals surface area contributed by atoms with E-state index in [4.69, 9.17) is 20.3 Å². The van der Waals surface area contributed by atoms with Crippen molar-refractivity contribution < 1.29 is 19.4 Å². The molecule has 82 valence electrons. The van der Waals surface area contributed by atoms with Crippen molar-refractivity contribution >= 4 is 11.7 Å². The fourth-order valence-electron chi connectivity index (χ4n) is 1.43. The molecular weight excluding hydrogens is 198 g/mol. The zero-order valence-corrected chi connectivity index (χ0v) is 8.83. The Morgan fingerprint density at radius 3 is 2.40 bits per heavy atom. The molecule has 0 aliphatic carbocycles. The summed E-state index contributed by atoms with van der Waals surface area (Å²) in [6, 6.07) is 1.64. The van der Waals surface area contributed by atoms with Gasteiger partial charge >= 0.3 is 5.97 Å². The second kappa shape index (κ2) is 4.08. The van der Waals surface area contributed by atoms with Crippen LogP contribution in [0.2, 0.25) is 0 Å². The number of methoxy groups -OCH3 is 2. The lowest BCUT2D eigenvalue weighted by atomic mass is 10.1. The fraction of sp³-hybridized carbons (Fsp3) is 0.300. The van der Waals surface area contributed by atoms with Crippen LogP contribution < -0.4 is 15.2 Å². The number of ether oxygens (including phenoxy) is 2. The standard InChI is InChI=1S/C10H13NO4/c1-5-4-6(14-2)8(11)7(10(12)13)9(5)15-3/h4H,11H2,1-3H3,(H,12,13). The summed E-state index contributed by atoms with van der Waals surface area (Å²) in [6.07, 6.45) is 0. The molecule has 0 heterocycles. The van der Waals surface area contributed by atoms with Gasteiger partial charge in [0, 0.05) is 0 Å². The van der Waals surface area contributed by atoms with Crippen LogP contribution >= 0.6 is 0 Å². The highest BCUT2D eigenvalue weighted by Gasteiger charge is 2.20. The fourth-order valence-corrected chi connectivity index (χ4v) is 1.43. The predicted octanol–water partition coefficient (Wildman–Crippen LogP) is 1.29. The van der Waals surface area contributed by atoms with E-state index < -0.39 is 5.97 Å². The number of nitrogen functional groups attached to an aromatic ring is 1. The lowest BCUT2D eigenvalue weighted by Gasteiger charge is -2.14. The Bertz CT molecular complexity index is 401. The summed E-state index contributed by atoms with van der Waals surface area (Å²) in [5, 5.41) is 9.01. The number of anilines is 1. The van der Waals surface area contributed by atoms with Crippen LogP contribution in [-0.2, 0) is 0 Å². The van der Waals surface area contributed by atoms with Gasteiger partial charge in [-0.25, -0.2) is 4.79 Å². The minimum absolute atomic E-state index is 0.0608. The summed E-state index contributed by atoms with van der Waals surface area (Å²) in [7, 11) is 2.84. The number of carboxylic acid groups (broad SMARTS) is 1. The Hall–Kier alpha value is -1.91. The summed E-state index contributed by atoms with van der Waals surface area (Å²) >= 11 is 0. The molecule has 0 aliphatic rings. The van der Waals surface area contributed by atoms with E-state index in [0.29, 0.717) is 11.3 Å². The molecule has 0 aliphatic heterocycles. The molecule has 1 aromatic rings. The van der Waals surface area contributed by atoms with Gasteiger partial charge in [-0.3, -0.25) is 0 Å². The number of carbonyl (C=O) groups is 1. The maximum absolute atomic E-state index is 11.0. The number of hydrogen-bond donors (Lipinski definition) is 2. The molecule has 0 radical (unpaired) electrons. The normalized spacial score (nSPS) is 9.80. The van der Waals surface area contributed by atoms with Crippen LogP contribution in [0.15, 0.2) is 6.07 Å². The predicted molar refractivity (Wildman–Crippen MR) is 55.7 cm³/mol. The summed E-state index contributed by atoms with van der Waals surface area (Å²) in [4.78, 5) is 11.0. The van der Waals surface area contributed by atoms with Gasteiger partial charge in [0.1, 0.15) is 17.1 Å². The van der Waals surface area contributed by atoms with Crippen molar-refractivity contribution in [2.45, 2.75) is 6.92 Å². The number of aromatic carboxylic acids is 1. The van der Waals surface area contributed by atoms with E-state index in [9.17, 15) is 4.79 Å². The van der Waals surface area contributed by atoms with E-state index in [0.717, 1.165) is 0 Å². The molecule has 0 bridgehead atoms. The van der Waals surface area contributed by atoms with Crippen LogP contribution in [0.25, 0.3) is 0 Å². The number of nitrogens with two attached hydrogens (primary N) is 1. The largest absolute Gasteiger partial charge is 0.495 e. The smallest absolute Gasteiger partial charge is 0.341 e. The molecule has 0 amide bonds. The van der Waals surface area contributed by atoms with Crippen molar-refractivity contribution in [3.8, 4) is 11.5 Å². The van der Waals surface area contributed by atoms with E-state index >= 15 is 0 Å². The number of aryl methyl sites for hydroxylation is 1. The molecule has 5 heteroatoms. The highest BCUT2D eigenvalue weighted by Crippen LogP contribution is 2.35. The highest BCUT2D eigenvalue weighted by molar-refractivity contribution is 5.99. The van der Waals surface area contributed by atoms with Gasteiger partial charge in [0.15, 0.2) is 0 Å². The molecule has 0 saturated heterocycles. The first kappa shape index (κ1) is 11.2. The highest BCUT2D eigenvalue weighted by atomic mass is 16.5. The molecule has 15 heavy (non-hydrogen) atoms. The summed E-state index contributed by atoms with van der Waals surface area (Å²) in [5.41, 5.74) is 6.34. The van der Waals surface area contributed by atoms with E-state index in [-0.39, 0.29) is 17.0 Å². The van der Waals surface area contributed by atoms with E-state index in [1.807, 2.05) is 0 Å². The Morgan fingerprint density at radius 2 is 2.00 bits per heavy atom. The van der Waals surface area contributed by atoms with Gasteiger partial charge < -0.3 is 20.3 Å². The zero-order chi connectivity index (χ0) is 11.6. The third-order valence-electron chi connectivity index (χ3n) is 2.11. The second-order valence-electron chi connectivity index (χ2n) is 3.02. The van der Waals surface area contributed by atoms with Gasteiger partial charge in [0.05, 0.1) is 19.9 Å². The first-order valence-electron chi connectivity index (χ1n) is 4.27. The van der Waals surface area contributed by atoms with Crippen LogP contribution in [0.5, 0.6) is 11.5 Å². The molecular formula is C10H13NO4. The number of hydrogen-bond acceptors (Lipinski definition) is 4. The first-order valence-corrected chi connectivity index (χ1v) is 4.27. The average Bonchev–Trinajstić information content (AvgIpc) is 2.19. The third-order valence-corrected chi connectivity index (χ3v) is 2.11. The van der Waals surface area contributed by atoms with Crippen molar-refractivity contribution in [2.75, 3.05) is 20.0 Å². The summed E-state index contributed by atoms with van der Waals surface area (Å²) in [6.45, 7) is 1.73. The van der Waals surface area contributed by atoms with Crippen molar-refractivity contribution in [3.63, 3.8) is 0 Å². The van der Waals surface area contributed by atoms with E-state index in [1.165, 1.54) is 14.2 Å². The van der Waals surface area contributed by atoms with Gasteiger partial charge in [-0.05, 0) is 18.6 Å². The maximum atomic E-state index is 11.0. The number of benzene rings is 1. The minimum atomic E-state index is -1.13. The quantitative estimate of drug-likeness (QED) is 0.736. The van der Waals surface area contributed by atoms with Crippen LogP contribution in [0.4, 0.5) is 5.69 Å². The van der Waals surface area contributed by atoms with Crippen molar-refractivity contribution in [1.82, 2.24) is 0 Å². The van der Waals surface area contributed by atoms with Crippen molar-refractivity contribution in [1.29, 1.82) is 0 Å². The Kier molecular flexibility index (Phi) is 3.04. The van der Waals surface area contributed by atoms with E-state index in [2.05, 4.69) is 0 Å². The first-order chi connectivity index (χ1) is 7.02. The number of rotatable bonds is 3. The van der Waals surface area contributed by atoms with Crippen LogP contribution in [0, 0.1) is 6.92 Å². The van der Waals surface area contributed by atoms with Crippen molar-refractivity contribution in [2.24, 2.45) is 0 Å². The lowest BCUT2D eigenvalue weighted by Crippen LogP contribution is -2.08. The molecule has 0 aromatic heterocycles. The molecule has 0 spiro atoms. The minimum Gasteiger partial charge on any atom is -0.495 e. The Balaban J connectivity index is 3.55. The summed E-state index contributed by atoms with van der Waals surface area (Å²) < 4.78 is 9.97. The SMILES string of the molecule is COc1cc(C)c(OC)c(C(=O)O)c1N. The molecule has 1 aromatic carbocycles. The van der Waals surface area contributed by atoms with Crippen LogP contribution in [0.1, 0.15) is 15.9 Å². The molecule has 3 N–H and O–H groups in total. The van der Waals surface area contributed by atoms with Crippen LogP contribution in [-0.4, -0.2) is 25.3 Å². The van der Waals surface area contributed by atoms with E-state index in [1.54, 1.807) is 13.0 Å². The monoisotopic (exact) mass is 211 g/mol. The molecule has 1 rings (SSSR count). The molecule has 0 unspecified atom stereocenters.